The first-order valence-corrected chi connectivity index (χ1v) is 39.5. The highest BCUT2D eigenvalue weighted by atomic mass is 16.6. The van der Waals surface area contributed by atoms with Crippen molar-refractivity contribution in [3.8, 4) is 34.1 Å². The van der Waals surface area contributed by atoms with Gasteiger partial charge in [-0.1, -0.05) is 82.8 Å². The lowest BCUT2D eigenvalue weighted by atomic mass is 10.0. The number of ether oxygens (including phenoxy) is 8. The van der Waals surface area contributed by atoms with E-state index in [1.165, 1.54) is 20.8 Å². The average Bonchev–Trinajstić information content (AvgIpc) is 0.748. The molecule has 2 aromatic heterocycles. The Morgan fingerprint density at radius 2 is 0.582 bits per heavy atom. The first kappa shape index (κ1) is 101. The van der Waals surface area contributed by atoms with E-state index in [1.807, 2.05) is 79.5 Å². The van der Waals surface area contributed by atoms with Crippen LogP contribution in [0.3, 0.4) is 0 Å². The second-order valence-corrected chi connectivity index (χ2v) is 28.3. The van der Waals surface area contributed by atoms with E-state index in [0.717, 1.165) is 97.6 Å². The Hall–Kier alpha value is -13.5. The molecule has 0 saturated carbocycles. The standard InChI is InChI=1S/C39H43N3O8.C36H41N3O7.2C8H12O4.CH2O/c1-8-10-28-15-25(5)17-32(19-28)41-37(46)40(31-13-11-27(7)30(21-31)22-35(44)49-9-2)38(47)42(39(41)48)33-18-26(6)16-29(20-33)12-14-34(43)23-50-36(45)24(3)4;1-7-10-26-15-23(4)17-30(19-26)38-34(42)37(29-13-11-25(6)28(21-29)22-33(41)46-9-3)35(43)39(36(38)44)31-18-24(5)16-27(20-31)12-14-32(40)45-8-2;2*1-6(2)8(10)12-5-4-11-7(3)9;1-2/h11,13,15-21H,3,8-10,12,14,22-23H2,1-2,4-7H3;11,13,15-21H,7-10,12,14,22H2,1-6H3;2*1,4-5H2,2-3H3;1H2. The topological polar surface area (TPSA) is 377 Å². The Kier molecular flexibility index (Phi) is 41.1. The summed E-state index contributed by atoms with van der Waals surface area (Å²) in [7, 11) is 0. The zero-order chi connectivity index (χ0) is 91.4. The number of carbonyl (C=O) groups excluding carboxylic acids is 10. The molecule has 0 aliphatic rings. The highest BCUT2D eigenvalue weighted by Crippen LogP contribution is 2.22. The van der Waals surface area contributed by atoms with Crippen LogP contribution in [-0.4, -0.2) is 141 Å². The molecule has 30 nitrogen and oxygen atoms in total. The molecular weight excluding hydrogens is 1570 g/mol. The third-order valence-electron chi connectivity index (χ3n) is 17.6. The molecule has 2 heterocycles. The maximum Gasteiger partial charge on any atom is 0.345 e. The zero-order valence-electron chi connectivity index (χ0n) is 72.4. The maximum absolute atomic E-state index is 14.4. The molecule has 6 aromatic carbocycles. The molecule has 0 fully saturated rings. The number of benzene rings is 6. The van der Waals surface area contributed by atoms with Crippen molar-refractivity contribution in [3.63, 3.8) is 0 Å². The van der Waals surface area contributed by atoms with Gasteiger partial charge < -0.3 is 42.7 Å². The van der Waals surface area contributed by atoms with Crippen LogP contribution in [0.5, 0.6) is 0 Å². The predicted molar refractivity (Wildman–Crippen MR) is 460 cm³/mol. The summed E-state index contributed by atoms with van der Waals surface area (Å²) in [4.78, 5) is 197. The summed E-state index contributed by atoms with van der Waals surface area (Å²) in [5.41, 5.74) is 6.36. The zero-order valence-corrected chi connectivity index (χ0v) is 72.4. The molecule has 0 bridgehead atoms. The van der Waals surface area contributed by atoms with Gasteiger partial charge in [0.05, 0.1) is 66.8 Å². The van der Waals surface area contributed by atoms with Gasteiger partial charge in [0.25, 0.3) is 0 Å². The van der Waals surface area contributed by atoms with Gasteiger partial charge in [-0.2, -0.15) is 0 Å². The van der Waals surface area contributed by atoms with Crippen molar-refractivity contribution in [3.05, 3.63) is 275 Å². The number of Topliss-reactive ketones (excluding diaryl/α,β-unsaturated/α-hetero) is 1. The summed E-state index contributed by atoms with van der Waals surface area (Å²) in [6.45, 7) is 40.4. The molecule has 0 amide bonds. The number of hydrogen-bond donors (Lipinski definition) is 0. The summed E-state index contributed by atoms with van der Waals surface area (Å²) in [6, 6.07) is 31.2. The fourth-order valence-electron chi connectivity index (χ4n) is 12.2. The van der Waals surface area contributed by atoms with Crippen molar-refractivity contribution in [2.24, 2.45) is 0 Å². The molecular formula is C92H110N6O24. The molecule has 0 unspecified atom stereocenters. The van der Waals surface area contributed by atoms with Gasteiger partial charge in [-0.15, -0.1) is 0 Å². The number of rotatable bonds is 34. The van der Waals surface area contributed by atoms with Gasteiger partial charge in [0.2, 0.25) is 0 Å². The summed E-state index contributed by atoms with van der Waals surface area (Å²) in [5, 5.41) is 0. The molecule has 122 heavy (non-hydrogen) atoms. The van der Waals surface area contributed by atoms with Gasteiger partial charge >= 0.3 is 81.9 Å². The van der Waals surface area contributed by atoms with Crippen molar-refractivity contribution >= 4 is 60.3 Å². The van der Waals surface area contributed by atoms with Gasteiger partial charge in [-0.05, 0) is 248 Å². The van der Waals surface area contributed by atoms with Crippen LogP contribution in [0, 0.1) is 41.5 Å². The van der Waals surface area contributed by atoms with Crippen LogP contribution in [0.2, 0.25) is 0 Å². The summed E-state index contributed by atoms with van der Waals surface area (Å²) < 4.78 is 44.4. The highest BCUT2D eigenvalue weighted by Gasteiger charge is 2.25. The molecule has 0 atom stereocenters. The molecule has 0 N–H and O–H groups in total. The lowest BCUT2D eigenvalue weighted by Crippen LogP contribution is -2.52. The van der Waals surface area contributed by atoms with Crippen molar-refractivity contribution < 1.29 is 85.8 Å². The molecule has 30 heteroatoms. The van der Waals surface area contributed by atoms with Crippen LogP contribution in [-0.2, 0) is 124 Å². The van der Waals surface area contributed by atoms with Gasteiger partial charge in [-0.25, -0.2) is 70.6 Å². The Morgan fingerprint density at radius 1 is 0.311 bits per heavy atom. The Morgan fingerprint density at radius 3 is 0.869 bits per heavy atom. The molecule has 0 aliphatic carbocycles. The summed E-state index contributed by atoms with van der Waals surface area (Å²) in [5.74, 6) is -3.91. The normalized spacial score (nSPS) is 10.4. The van der Waals surface area contributed by atoms with Crippen LogP contribution >= 0.6 is 0 Å². The van der Waals surface area contributed by atoms with E-state index in [9.17, 15) is 71.9 Å². The minimum absolute atomic E-state index is 0.0428. The van der Waals surface area contributed by atoms with Crippen molar-refractivity contribution in [2.75, 3.05) is 52.9 Å². The predicted octanol–water partition coefficient (Wildman–Crippen LogP) is 10.5. The first-order chi connectivity index (χ1) is 57.8. The van der Waals surface area contributed by atoms with E-state index in [2.05, 4.69) is 38.7 Å². The molecule has 8 aromatic rings. The summed E-state index contributed by atoms with van der Waals surface area (Å²) in [6.07, 6.45) is 3.82. The highest BCUT2D eigenvalue weighted by molar-refractivity contribution is 5.90. The van der Waals surface area contributed by atoms with Gasteiger partial charge in [0.1, 0.15) is 39.8 Å². The van der Waals surface area contributed by atoms with Crippen LogP contribution in [0.25, 0.3) is 34.1 Å². The average molecular weight is 1680 g/mol. The van der Waals surface area contributed by atoms with E-state index in [-0.39, 0.29) is 130 Å². The minimum atomic E-state index is -0.900. The van der Waals surface area contributed by atoms with Crippen LogP contribution in [0.15, 0.2) is 174 Å². The monoisotopic (exact) mass is 1680 g/mol. The van der Waals surface area contributed by atoms with Crippen LogP contribution in [0.4, 0.5) is 0 Å². The number of carbonyl (C=O) groups is 10. The van der Waals surface area contributed by atoms with Crippen molar-refractivity contribution in [1.82, 2.24) is 27.4 Å². The first-order valence-electron chi connectivity index (χ1n) is 39.5. The molecule has 0 saturated heterocycles. The smallest absolute Gasteiger partial charge is 0.345 e. The SMILES string of the molecule is C=C(C)C(=O)OCC(=O)CCc1cc(C)cc(-n2c(=O)n(-c3cc(C)cc(CCC)c3)c(=O)n(-c3ccc(C)c(CC(=O)OCC)c3)c2=O)c1.C=C(C)C(=O)OCCOC(C)=O.C=C(C)C(=O)OCCOC(C)=O.C=O.CCCc1cc(C)cc(-n2c(=O)n(-c3cc(C)cc(CCC(=O)OCC)c3)c(=O)n(-c3ccc(C)c(CC(=O)OCC)c3)c2=O)c1. The minimum Gasteiger partial charge on any atom is -0.466 e. The van der Waals surface area contributed by atoms with Crippen molar-refractivity contribution in [1.29, 1.82) is 0 Å². The second-order valence-electron chi connectivity index (χ2n) is 28.3. The fourth-order valence-corrected chi connectivity index (χ4v) is 12.2. The molecule has 0 spiro atoms. The number of hydrogen-bond acceptors (Lipinski definition) is 24. The summed E-state index contributed by atoms with van der Waals surface area (Å²) >= 11 is 0. The maximum atomic E-state index is 14.4. The Bertz CT molecular complexity index is 5530. The Balaban J connectivity index is 0.000000397. The third-order valence-corrected chi connectivity index (χ3v) is 17.6. The van der Waals surface area contributed by atoms with E-state index in [0.29, 0.717) is 51.2 Å². The van der Waals surface area contributed by atoms with E-state index in [4.69, 9.17) is 23.7 Å². The quantitative estimate of drug-likeness (QED) is 0.0156. The largest absolute Gasteiger partial charge is 0.466 e. The number of aromatic nitrogens is 6. The van der Waals surface area contributed by atoms with Crippen LogP contribution in [0.1, 0.15) is 162 Å². The molecule has 0 aliphatic heterocycles. The Labute approximate surface area is 707 Å². The van der Waals surface area contributed by atoms with E-state index >= 15 is 0 Å². The number of nitrogens with zero attached hydrogens (tertiary/aromatic N) is 6. The number of esters is 8. The molecule has 8 rings (SSSR count). The van der Waals surface area contributed by atoms with Crippen LogP contribution < -0.4 is 34.1 Å². The van der Waals surface area contributed by atoms with Gasteiger partial charge in [0, 0.05) is 43.4 Å². The van der Waals surface area contributed by atoms with E-state index in [1.54, 1.807) is 126 Å². The van der Waals surface area contributed by atoms with Gasteiger partial charge in [0.15, 0.2) is 5.78 Å². The number of aryl methyl sites for hydroxylation is 10. The van der Waals surface area contributed by atoms with Crippen molar-refractivity contribution in [2.45, 2.75) is 175 Å². The lowest BCUT2D eigenvalue weighted by Gasteiger charge is -2.17. The lowest BCUT2D eigenvalue weighted by molar-refractivity contribution is -0.148. The second kappa shape index (κ2) is 49.8. The van der Waals surface area contributed by atoms with E-state index < -0.39 is 70.6 Å². The number of ketones is 1. The fraction of sp³-hybridized carbons (Fsp3) is 0.370. The van der Waals surface area contributed by atoms with Gasteiger partial charge in [-0.3, -0.25) is 28.8 Å². The molecule has 0 radical (unpaired) electrons. The molecule has 652 valence electrons. The third kappa shape index (κ3) is 30.7.